The fraction of sp³-hybridized carbons (Fsp3) is 0.167. The summed E-state index contributed by atoms with van der Waals surface area (Å²) < 4.78 is 0. The third-order valence-corrected chi connectivity index (χ3v) is 3.12. The fourth-order valence-electron chi connectivity index (χ4n) is 2.09. The Bertz CT molecular complexity index is 523. The topological polar surface area (TPSA) is 17.1 Å². The molecule has 0 heterocycles. The molecule has 0 atom stereocenters. The van der Waals surface area contributed by atoms with Gasteiger partial charge in [0.15, 0.2) is 0 Å². The first kappa shape index (κ1) is 13.3. The van der Waals surface area contributed by atoms with Crippen molar-refractivity contribution >= 4 is 12.4 Å². The van der Waals surface area contributed by atoms with Crippen LogP contribution in [-0.2, 0) is 17.6 Å². The highest BCUT2D eigenvalue weighted by atomic mass is 16.1. The molecule has 0 saturated heterocycles. The first-order chi connectivity index (χ1) is 9.38. The van der Waals surface area contributed by atoms with Gasteiger partial charge in [0, 0.05) is 0 Å². The smallest absolute Gasteiger partial charge is 0.142 e. The summed E-state index contributed by atoms with van der Waals surface area (Å²) in [6.45, 7) is 0. The van der Waals surface area contributed by atoms with Crippen LogP contribution in [0.25, 0.3) is 6.08 Å². The zero-order valence-corrected chi connectivity index (χ0v) is 11.0. The van der Waals surface area contributed by atoms with Gasteiger partial charge in [0.25, 0.3) is 0 Å². The Kier molecular flexibility index (Phi) is 5.12. The molecule has 0 N–H and O–H groups in total. The molecule has 0 amide bonds. The van der Waals surface area contributed by atoms with Gasteiger partial charge in [-0.15, -0.1) is 0 Å². The van der Waals surface area contributed by atoms with E-state index in [1.165, 1.54) is 17.2 Å². The van der Waals surface area contributed by atoms with Crippen LogP contribution in [0.15, 0.2) is 60.7 Å². The SMILES string of the molecule is O=C/C=C/c1ccc(CCCc2ccccc2)cc1. The molecule has 0 radical (unpaired) electrons. The van der Waals surface area contributed by atoms with E-state index in [2.05, 4.69) is 54.6 Å². The average molecular weight is 250 g/mol. The molecular formula is C18H18O. The molecule has 0 bridgehead atoms. The molecule has 0 aromatic heterocycles. The number of rotatable bonds is 6. The molecule has 0 spiro atoms. The summed E-state index contributed by atoms with van der Waals surface area (Å²) in [4.78, 5) is 10.2. The van der Waals surface area contributed by atoms with Crippen LogP contribution in [0.4, 0.5) is 0 Å². The van der Waals surface area contributed by atoms with E-state index in [1.807, 2.05) is 6.08 Å². The highest BCUT2D eigenvalue weighted by Gasteiger charge is 1.95. The average Bonchev–Trinajstić information content (AvgIpc) is 2.47. The van der Waals surface area contributed by atoms with Crippen molar-refractivity contribution < 1.29 is 4.79 Å². The Hall–Kier alpha value is -2.15. The molecule has 2 aromatic carbocycles. The van der Waals surface area contributed by atoms with Gasteiger partial charge in [-0.05, 0) is 42.0 Å². The lowest BCUT2D eigenvalue weighted by Gasteiger charge is -2.03. The van der Waals surface area contributed by atoms with Crippen LogP contribution in [0.1, 0.15) is 23.1 Å². The summed E-state index contributed by atoms with van der Waals surface area (Å²) in [5.41, 5.74) is 3.81. The molecular weight excluding hydrogens is 232 g/mol. The van der Waals surface area contributed by atoms with E-state index in [-0.39, 0.29) is 0 Å². The zero-order valence-electron chi connectivity index (χ0n) is 11.0. The fourth-order valence-corrected chi connectivity index (χ4v) is 2.09. The summed E-state index contributed by atoms with van der Waals surface area (Å²) >= 11 is 0. The molecule has 0 unspecified atom stereocenters. The molecule has 19 heavy (non-hydrogen) atoms. The van der Waals surface area contributed by atoms with Gasteiger partial charge in [-0.1, -0.05) is 60.7 Å². The second kappa shape index (κ2) is 7.32. The van der Waals surface area contributed by atoms with Crippen molar-refractivity contribution in [1.29, 1.82) is 0 Å². The van der Waals surface area contributed by atoms with E-state index in [0.717, 1.165) is 31.1 Å². The van der Waals surface area contributed by atoms with Gasteiger partial charge in [-0.2, -0.15) is 0 Å². The van der Waals surface area contributed by atoms with Gasteiger partial charge in [-0.25, -0.2) is 0 Å². The molecule has 0 saturated carbocycles. The predicted octanol–water partition coefficient (Wildman–Crippen LogP) is 4.07. The van der Waals surface area contributed by atoms with Gasteiger partial charge in [-0.3, -0.25) is 4.79 Å². The minimum atomic E-state index is 0.799. The highest BCUT2D eigenvalue weighted by Crippen LogP contribution is 2.10. The third-order valence-electron chi connectivity index (χ3n) is 3.12. The number of carbonyl (C=O) groups is 1. The molecule has 0 aliphatic rings. The normalized spacial score (nSPS) is 10.7. The van der Waals surface area contributed by atoms with Crippen molar-refractivity contribution in [2.75, 3.05) is 0 Å². The lowest BCUT2D eigenvalue weighted by molar-refractivity contribution is -0.104. The van der Waals surface area contributed by atoms with Gasteiger partial charge in [0.1, 0.15) is 6.29 Å². The van der Waals surface area contributed by atoms with Crippen LogP contribution in [0.3, 0.4) is 0 Å². The second-order valence-electron chi connectivity index (χ2n) is 4.58. The van der Waals surface area contributed by atoms with Crippen LogP contribution in [-0.4, -0.2) is 6.29 Å². The van der Waals surface area contributed by atoms with Crippen LogP contribution in [0.2, 0.25) is 0 Å². The maximum atomic E-state index is 10.2. The maximum absolute atomic E-state index is 10.2. The van der Waals surface area contributed by atoms with E-state index in [9.17, 15) is 4.79 Å². The number of aryl methyl sites for hydroxylation is 2. The van der Waals surface area contributed by atoms with Gasteiger partial charge < -0.3 is 0 Å². The quantitative estimate of drug-likeness (QED) is 0.558. The summed E-state index contributed by atoms with van der Waals surface area (Å²) in [6.07, 6.45) is 7.51. The molecule has 2 rings (SSSR count). The van der Waals surface area contributed by atoms with Gasteiger partial charge >= 0.3 is 0 Å². The molecule has 0 fully saturated rings. The number of hydrogen-bond donors (Lipinski definition) is 0. The lowest BCUT2D eigenvalue weighted by Crippen LogP contribution is -1.90. The summed E-state index contributed by atoms with van der Waals surface area (Å²) in [5, 5.41) is 0. The Balaban J connectivity index is 1.83. The third kappa shape index (κ3) is 4.55. The van der Waals surface area contributed by atoms with E-state index in [1.54, 1.807) is 0 Å². The summed E-state index contributed by atoms with van der Waals surface area (Å²) in [7, 11) is 0. The molecule has 1 heteroatoms. The van der Waals surface area contributed by atoms with E-state index in [0.29, 0.717) is 0 Å². The minimum absolute atomic E-state index is 0.799. The largest absolute Gasteiger partial charge is 0.299 e. The van der Waals surface area contributed by atoms with Crippen molar-refractivity contribution in [2.24, 2.45) is 0 Å². The van der Waals surface area contributed by atoms with Crippen molar-refractivity contribution in [3.05, 3.63) is 77.4 Å². The molecule has 96 valence electrons. The Labute approximate surface area is 114 Å². The van der Waals surface area contributed by atoms with E-state index < -0.39 is 0 Å². The molecule has 0 aliphatic heterocycles. The number of carbonyl (C=O) groups excluding carboxylic acids is 1. The second-order valence-corrected chi connectivity index (χ2v) is 4.58. The van der Waals surface area contributed by atoms with Crippen LogP contribution in [0, 0.1) is 0 Å². The Morgan fingerprint density at radius 1 is 0.789 bits per heavy atom. The van der Waals surface area contributed by atoms with Crippen LogP contribution >= 0.6 is 0 Å². The van der Waals surface area contributed by atoms with Crippen molar-refractivity contribution in [3.8, 4) is 0 Å². The lowest BCUT2D eigenvalue weighted by atomic mass is 10.0. The zero-order chi connectivity index (χ0) is 13.3. The minimum Gasteiger partial charge on any atom is -0.299 e. The number of allylic oxidation sites excluding steroid dienone is 1. The molecule has 2 aromatic rings. The number of aldehydes is 1. The highest BCUT2D eigenvalue weighted by molar-refractivity contribution is 5.73. The molecule has 0 aliphatic carbocycles. The predicted molar refractivity (Wildman–Crippen MR) is 80.0 cm³/mol. The van der Waals surface area contributed by atoms with Crippen LogP contribution < -0.4 is 0 Å². The maximum Gasteiger partial charge on any atom is 0.142 e. The van der Waals surface area contributed by atoms with Crippen molar-refractivity contribution in [1.82, 2.24) is 0 Å². The molecule has 1 nitrogen and oxygen atoms in total. The Morgan fingerprint density at radius 3 is 2.05 bits per heavy atom. The summed E-state index contributed by atoms with van der Waals surface area (Å²) in [5.74, 6) is 0. The van der Waals surface area contributed by atoms with E-state index in [4.69, 9.17) is 0 Å². The number of hydrogen-bond acceptors (Lipinski definition) is 1. The first-order valence-corrected chi connectivity index (χ1v) is 6.63. The number of benzene rings is 2. The van der Waals surface area contributed by atoms with Gasteiger partial charge in [0.2, 0.25) is 0 Å². The van der Waals surface area contributed by atoms with E-state index >= 15 is 0 Å². The van der Waals surface area contributed by atoms with Crippen molar-refractivity contribution in [2.45, 2.75) is 19.3 Å². The van der Waals surface area contributed by atoms with Crippen LogP contribution in [0.5, 0.6) is 0 Å². The Morgan fingerprint density at radius 2 is 1.42 bits per heavy atom. The van der Waals surface area contributed by atoms with Gasteiger partial charge in [0.05, 0.1) is 0 Å². The first-order valence-electron chi connectivity index (χ1n) is 6.63. The summed E-state index contributed by atoms with van der Waals surface area (Å²) in [6, 6.07) is 18.9. The monoisotopic (exact) mass is 250 g/mol. The standard InChI is InChI=1S/C18H18O/c19-15-5-10-18-13-11-17(12-14-18)9-4-8-16-6-2-1-3-7-16/h1-3,5-7,10-15H,4,8-9H2/b10-5+. The van der Waals surface area contributed by atoms with Crippen molar-refractivity contribution in [3.63, 3.8) is 0 Å².